The number of rotatable bonds is 1. The number of hydrogen-bond donors (Lipinski definition) is 0. The third kappa shape index (κ3) is 1.67. The number of carbonyl (C=O) groups is 1. The van der Waals surface area contributed by atoms with E-state index in [0.29, 0.717) is 17.1 Å². The minimum absolute atomic E-state index is 0.0344. The summed E-state index contributed by atoms with van der Waals surface area (Å²) in [7, 11) is 0. The normalized spacial score (nSPS) is 60.3. The van der Waals surface area contributed by atoms with Crippen molar-refractivity contribution >= 4 is 5.78 Å². The predicted octanol–water partition coefficient (Wildman–Crippen LogP) is 4.39. The van der Waals surface area contributed by atoms with Crippen LogP contribution >= 0.6 is 0 Å². The maximum atomic E-state index is 12.2. The van der Waals surface area contributed by atoms with Crippen molar-refractivity contribution in [2.45, 2.75) is 71.0 Å². The van der Waals surface area contributed by atoms with Crippen molar-refractivity contribution in [3.05, 3.63) is 12.7 Å². The van der Waals surface area contributed by atoms with Gasteiger partial charge in [-0.2, -0.15) is 0 Å². The van der Waals surface area contributed by atoms with E-state index in [2.05, 4.69) is 26.5 Å². The molecule has 0 amide bonds. The Labute approximate surface area is 140 Å². The van der Waals surface area contributed by atoms with Gasteiger partial charge in [-0.05, 0) is 73.5 Å². The van der Waals surface area contributed by atoms with Gasteiger partial charge in [0.2, 0.25) is 0 Å². The molecule has 5 rings (SSSR count). The lowest BCUT2D eigenvalue weighted by molar-refractivity contribution is -0.133. The van der Waals surface area contributed by atoms with Crippen molar-refractivity contribution in [3.63, 3.8) is 0 Å². The van der Waals surface area contributed by atoms with E-state index >= 15 is 0 Å². The maximum Gasteiger partial charge on any atom is 0.164 e. The van der Waals surface area contributed by atoms with Crippen LogP contribution in [-0.4, -0.2) is 18.0 Å². The molecule has 0 N–H and O–H groups in total. The molecule has 1 aliphatic heterocycles. The second-order valence-corrected chi connectivity index (χ2v) is 9.63. The third-order valence-electron chi connectivity index (χ3n) is 9.19. The summed E-state index contributed by atoms with van der Waals surface area (Å²) >= 11 is 0. The van der Waals surface area contributed by atoms with Crippen LogP contribution in [0.15, 0.2) is 12.7 Å². The number of Topliss-reactive ketones (excluding diaryl/α,β-unsaturated/α-hetero) is 1. The summed E-state index contributed by atoms with van der Waals surface area (Å²) in [6.07, 6.45) is 11.3. The molecule has 23 heavy (non-hydrogen) atoms. The van der Waals surface area contributed by atoms with Gasteiger partial charge in [0.25, 0.3) is 0 Å². The molecule has 2 heteroatoms. The molecule has 0 aromatic carbocycles. The first-order chi connectivity index (χ1) is 11.0. The average molecular weight is 314 g/mol. The van der Waals surface area contributed by atoms with E-state index in [1.807, 2.05) is 0 Å². The smallest absolute Gasteiger partial charge is 0.164 e. The SMILES string of the molecule is C=C[C@H]1CC[C@H]2[C@@H]3CC[C@H]4CC(=O)[C@@H]5O[C@@H]5[C@]4(C)[C@H]3CC[C@]12C. The van der Waals surface area contributed by atoms with Crippen molar-refractivity contribution < 1.29 is 9.53 Å². The van der Waals surface area contributed by atoms with E-state index in [1.165, 1.54) is 38.5 Å². The quantitative estimate of drug-likeness (QED) is 0.531. The lowest BCUT2D eigenvalue weighted by atomic mass is 9.44. The molecule has 0 aromatic rings. The van der Waals surface area contributed by atoms with Crippen molar-refractivity contribution in [2.75, 3.05) is 0 Å². The number of ketones is 1. The number of allylic oxidation sites excluding steroid dienone is 1. The van der Waals surface area contributed by atoms with Crippen LogP contribution in [0.3, 0.4) is 0 Å². The van der Waals surface area contributed by atoms with Gasteiger partial charge >= 0.3 is 0 Å². The zero-order valence-corrected chi connectivity index (χ0v) is 14.6. The summed E-state index contributed by atoms with van der Waals surface area (Å²) < 4.78 is 5.92. The van der Waals surface area contributed by atoms with Gasteiger partial charge in [0, 0.05) is 11.8 Å². The lowest BCUT2D eigenvalue weighted by Gasteiger charge is -2.59. The summed E-state index contributed by atoms with van der Waals surface area (Å²) in [6.45, 7) is 9.16. The van der Waals surface area contributed by atoms with Gasteiger partial charge in [0.15, 0.2) is 5.78 Å². The van der Waals surface area contributed by atoms with Crippen LogP contribution in [0.1, 0.15) is 58.8 Å². The molecular formula is C21H30O2. The third-order valence-corrected chi connectivity index (χ3v) is 9.19. The molecular weight excluding hydrogens is 284 g/mol. The highest BCUT2D eigenvalue weighted by Gasteiger charge is 2.69. The molecule has 126 valence electrons. The molecule has 5 fully saturated rings. The van der Waals surface area contributed by atoms with E-state index < -0.39 is 0 Å². The number of ether oxygens (including phenoxy) is 1. The van der Waals surface area contributed by atoms with Gasteiger partial charge in [-0.3, -0.25) is 4.79 Å². The van der Waals surface area contributed by atoms with Gasteiger partial charge in [0.1, 0.15) is 6.10 Å². The monoisotopic (exact) mass is 314 g/mol. The zero-order chi connectivity index (χ0) is 16.0. The molecule has 5 aliphatic rings. The highest BCUT2D eigenvalue weighted by molar-refractivity contribution is 5.87. The molecule has 4 saturated carbocycles. The molecule has 0 radical (unpaired) electrons. The predicted molar refractivity (Wildman–Crippen MR) is 89.8 cm³/mol. The molecule has 9 atom stereocenters. The highest BCUT2D eigenvalue weighted by atomic mass is 16.6. The first-order valence-corrected chi connectivity index (χ1v) is 9.81. The molecule has 0 aromatic heterocycles. The Hall–Kier alpha value is -0.630. The van der Waals surface area contributed by atoms with Crippen LogP contribution in [0.2, 0.25) is 0 Å². The summed E-state index contributed by atoms with van der Waals surface area (Å²) in [5.74, 6) is 4.21. The largest absolute Gasteiger partial charge is 0.361 e. The van der Waals surface area contributed by atoms with E-state index in [1.54, 1.807) is 0 Å². The van der Waals surface area contributed by atoms with Crippen LogP contribution in [0.25, 0.3) is 0 Å². The van der Waals surface area contributed by atoms with Crippen LogP contribution in [0, 0.1) is 40.4 Å². The van der Waals surface area contributed by atoms with Crippen LogP contribution in [0.4, 0.5) is 0 Å². The summed E-state index contributed by atoms with van der Waals surface area (Å²) in [5.41, 5.74) is 0.759. The summed E-state index contributed by atoms with van der Waals surface area (Å²) in [6, 6.07) is 0. The molecule has 1 saturated heterocycles. The first kappa shape index (κ1) is 14.7. The standard InChI is InChI=1S/C21H30O2/c1-4-12-6-8-15-14-7-5-13-11-17(22)18-19(23-18)21(13,3)16(14)9-10-20(12,15)2/h4,12-16,18-19H,1,5-11H2,2-3H3/t12-,13-,14-,15-,16-,18-,19-,20+,21-/m0/s1. The zero-order valence-electron chi connectivity index (χ0n) is 14.6. The molecule has 0 bridgehead atoms. The highest BCUT2D eigenvalue weighted by Crippen LogP contribution is 2.69. The van der Waals surface area contributed by atoms with Gasteiger partial charge in [-0.1, -0.05) is 19.9 Å². The van der Waals surface area contributed by atoms with Crippen LogP contribution in [-0.2, 0) is 9.53 Å². The van der Waals surface area contributed by atoms with Crippen LogP contribution in [0.5, 0.6) is 0 Å². The van der Waals surface area contributed by atoms with Gasteiger partial charge in [-0.15, -0.1) is 6.58 Å². The van der Waals surface area contributed by atoms with E-state index in [-0.39, 0.29) is 17.6 Å². The Balaban J connectivity index is 1.49. The van der Waals surface area contributed by atoms with E-state index in [9.17, 15) is 4.79 Å². The Bertz CT molecular complexity index is 568. The number of fused-ring (bicyclic) bond motifs is 7. The lowest BCUT2D eigenvalue weighted by Crippen LogP contribution is -2.56. The maximum absolute atomic E-state index is 12.2. The van der Waals surface area contributed by atoms with Crippen molar-refractivity contribution in [1.82, 2.24) is 0 Å². The van der Waals surface area contributed by atoms with Crippen molar-refractivity contribution in [3.8, 4) is 0 Å². The van der Waals surface area contributed by atoms with Gasteiger partial charge < -0.3 is 4.74 Å². The number of hydrogen-bond acceptors (Lipinski definition) is 2. The molecule has 0 spiro atoms. The minimum atomic E-state index is -0.0344. The minimum Gasteiger partial charge on any atom is -0.361 e. The fourth-order valence-corrected chi connectivity index (χ4v) is 7.85. The second-order valence-electron chi connectivity index (χ2n) is 9.63. The Morgan fingerprint density at radius 2 is 1.96 bits per heavy atom. The Morgan fingerprint density at radius 3 is 2.74 bits per heavy atom. The first-order valence-electron chi connectivity index (χ1n) is 9.81. The summed E-state index contributed by atoms with van der Waals surface area (Å²) in [5, 5.41) is 0. The van der Waals surface area contributed by atoms with Crippen molar-refractivity contribution in [2.24, 2.45) is 40.4 Å². The van der Waals surface area contributed by atoms with Crippen molar-refractivity contribution in [1.29, 1.82) is 0 Å². The second kappa shape index (κ2) is 4.50. The fraction of sp³-hybridized carbons (Fsp3) is 0.857. The Morgan fingerprint density at radius 1 is 1.13 bits per heavy atom. The fourth-order valence-electron chi connectivity index (χ4n) is 7.85. The van der Waals surface area contributed by atoms with Gasteiger partial charge in [-0.25, -0.2) is 0 Å². The van der Waals surface area contributed by atoms with E-state index in [4.69, 9.17) is 4.74 Å². The number of epoxide rings is 1. The average Bonchev–Trinajstić information content (AvgIpc) is 3.27. The Kier molecular flexibility index (Phi) is 2.88. The topological polar surface area (TPSA) is 29.6 Å². The molecule has 0 unspecified atom stereocenters. The number of carbonyl (C=O) groups excluding carboxylic acids is 1. The van der Waals surface area contributed by atoms with Gasteiger partial charge in [0.05, 0.1) is 6.10 Å². The molecule has 1 heterocycles. The van der Waals surface area contributed by atoms with Crippen LogP contribution < -0.4 is 0 Å². The van der Waals surface area contributed by atoms with E-state index in [0.717, 1.165) is 30.1 Å². The molecule has 2 nitrogen and oxygen atoms in total. The summed E-state index contributed by atoms with van der Waals surface area (Å²) in [4.78, 5) is 12.2. The molecule has 4 aliphatic carbocycles.